The van der Waals surface area contributed by atoms with E-state index in [1.54, 1.807) is 12.4 Å². The topological polar surface area (TPSA) is 53.4 Å². The summed E-state index contributed by atoms with van der Waals surface area (Å²) in [6.07, 6.45) is 6.02. The van der Waals surface area contributed by atoms with Crippen LogP contribution in [0.4, 0.5) is 0 Å². The minimum atomic E-state index is -0.637. The third-order valence-corrected chi connectivity index (χ3v) is 3.77. The number of nitrogens with zero attached hydrogens (tertiary/aromatic N) is 2. The molecule has 4 nitrogen and oxygen atoms in total. The van der Waals surface area contributed by atoms with Crippen LogP contribution in [0.5, 0.6) is 0 Å². The van der Waals surface area contributed by atoms with E-state index < -0.39 is 11.4 Å². The molecule has 0 spiro atoms. The van der Waals surface area contributed by atoms with E-state index in [9.17, 15) is 9.90 Å². The number of pyridine rings is 1. The van der Waals surface area contributed by atoms with Crippen molar-refractivity contribution in [3.63, 3.8) is 0 Å². The van der Waals surface area contributed by atoms with Crippen LogP contribution in [0.3, 0.4) is 0 Å². The summed E-state index contributed by atoms with van der Waals surface area (Å²) in [5.74, 6) is -0.637. The number of hydrogen-bond acceptors (Lipinski definition) is 3. The highest BCUT2D eigenvalue weighted by Crippen LogP contribution is 2.36. The van der Waals surface area contributed by atoms with Gasteiger partial charge in [-0.15, -0.1) is 0 Å². The molecule has 1 aromatic rings. The fourth-order valence-electron chi connectivity index (χ4n) is 2.80. The molecule has 0 amide bonds. The Morgan fingerprint density at radius 1 is 1.50 bits per heavy atom. The smallest absolute Gasteiger partial charge is 0.310 e. The maximum absolute atomic E-state index is 11.5. The predicted molar refractivity (Wildman–Crippen MR) is 69.1 cm³/mol. The molecular weight excluding hydrogens is 228 g/mol. The second kappa shape index (κ2) is 5.48. The molecule has 1 aliphatic heterocycles. The third kappa shape index (κ3) is 2.70. The molecule has 0 aliphatic carbocycles. The standard InChI is InChI=1S/C14H20N2O2/c1-2-5-14(13(17)18)6-9-16(11-14)10-12-3-7-15-8-4-12/h3-4,7-8H,2,5-6,9-11H2,1H3,(H,17,18). The summed E-state index contributed by atoms with van der Waals surface area (Å²) in [4.78, 5) is 17.7. The monoisotopic (exact) mass is 248 g/mol. The summed E-state index contributed by atoms with van der Waals surface area (Å²) < 4.78 is 0. The Kier molecular flexibility index (Phi) is 3.97. The highest BCUT2D eigenvalue weighted by atomic mass is 16.4. The molecule has 0 radical (unpaired) electrons. The summed E-state index contributed by atoms with van der Waals surface area (Å²) in [5, 5.41) is 9.44. The van der Waals surface area contributed by atoms with E-state index in [0.29, 0.717) is 6.54 Å². The molecule has 1 aromatic heterocycles. The van der Waals surface area contributed by atoms with Gasteiger partial charge in [0.2, 0.25) is 0 Å². The van der Waals surface area contributed by atoms with Crippen LogP contribution in [0, 0.1) is 5.41 Å². The molecule has 98 valence electrons. The minimum absolute atomic E-state index is 0.526. The first-order chi connectivity index (χ1) is 8.66. The number of carboxylic acid groups (broad SMARTS) is 1. The molecule has 1 saturated heterocycles. The lowest BCUT2D eigenvalue weighted by molar-refractivity contribution is -0.148. The van der Waals surface area contributed by atoms with Gasteiger partial charge in [0.25, 0.3) is 0 Å². The second-order valence-corrected chi connectivity index (χ2v) is 5.15. The van der Waals surface area contributed by atoms with Crippen LogP contribution in [-0.2, 0) is 11.3 Å². The summed E-state index contributed by atoms with van der Waals surface area (Å²) >= 11 is 0. The summed E-state index contributed by atoms with van der Waals surface area (Å²) in [6, 6.07) is 3.97. The molecule has 0 saturated carbocycles. The Bertz CT molecular complexity index is 408. The Balaban J connectivity index is 2.01. The lowest BCUT2D eigenvalue weighted by Crippen LogP contribution is -2.34. The molecule has 1 fully saturated rings. The maximum Gasteiger partial charge on any atom is 0.310 e. The minimum Gasteiger partial charge on any atom is -0.481 e. The Labute approximate surface area is 108 Å². The van der Waals surface area contributed by atoms with Gasteiger partial charge in [-0.2, -0.15) is 0 Å². The number of carboxylic acids is 1. The molecule has 18 heavy (non-hydrogen) atoms. The van der Waals surface area contributed by atoms with Crippen molar-refractivity contribution in [1.29, 1.82) is 0 Å². The van der Waals surface area contributed by atoms with Crippen LogP contribution in [-0.4, -0.2) is 34.0 Å². The average molecular weight is 248 g/mol. The van der Waals surface area contributed by atoms with Gasteiger partial charge < -0.3 is 5.11 Å². The molecule has 0 bridgehead atoms. The summed E-state index contributed by atoms with van der Waals surface area (Å²) in [7, 11) is 0. The fourth-order valence-corrected chi connectivity index (χ4v) is 2.80. The molecule has 1 atom stereocenters. The van der Waals surface area contributed by atoms with Gasteiger partial charge in [0.1, 0.15) is 0 Å². The zero-order valence-electron chi connectivity index (χ0n) is 10.8. The second-order valence-electron chi connectivity index (χ2n) is 5.15. The Morgan fingerprint density at radius 3 is 2.83 bits per heavy atom. The van der Waals surface area contributed by atoms with E-state index >= 15 is 0 Å². The largest absolute Gasteiger partial charge is 0.481 e. The molecule has 1 unspecified atom stereocenters. The van der Waals surface area contributed by atoms with E-state index in [1.807, 2.05) is 12.1 Å². The molecule has 4 heteroatoms. The van der Waals surface area contributed by atoms with Crippen LogP contribution in [0.2, 0.25) is 0 Å². The first-order valence-electron chi connectivity index (χ1n) is 6.51. The van der Waals surface area contributed by atoms with Crippen LogP contribution in [0.1, 0.15) is 31.7 Å². The fraction of sp³-hybridized carbons (Fsp3) is 0.571. The van der Waals surface area contributed by atoms with E-state index in [0.717, 1.165) is 32.4 Å². The van der Waals surface area contributed by atoms with Crippen molar-refractivity contribution in [3.05, 3.63) is 30.1 Å². The summed E-state index contributed by atoms with van der Waals surface area (Å²) in [5.41, 5.74) is 0.671. The SMILES string of the molecule is CCCC1(C(=O)O)CCN(Cc2ccncc2)C1. The summed E-state index contributed by atoms with van der Waals surface area (Å²) in [6.45, 7) is 4.41. The zero-order chi connectivity index (χ0) is 13.0. The van der Waals surface area contributed by atoms with Crippen molar-refractivity contribution < 1.29 is 9.90 Å². The van der Waals surface area contributed by atoms with Gasteiger partial charge in [0, 0.05) is 25.5 Å². The van der Waals surface area contributed by atoms with Gasteiger partial charge >= 0.3 is 5.97 Å². The number of hydrogen-bond donors (Lipinski definition) is 1. The number of carbonyl (C=O) groups is 1. The van der Waals surface area contributed by atoms with Crippen LogP contribution in [0.15, 0.2) is 24.5 Å². The average Bonchev–Trinajstić information content (AvgIpc) is 2.76. The van der Waals surface area contributed by atoms with Crippen LogP contribution < -0.4 is 0 Å². The Hall–Kier alpha value is -1.42. The quantitative estimate of drug-likeness (QED) is 0.867. The Morgan fingerprint density at radius 2 is 2.22 bits per heavy atom. The van der Waals surface area contributed by atoms with Gasteiger partial charge in [0.05, 0.1) is 5.41 Å². The predicted octanol–water partition coefficient (Wildman–Crippen LogP) is 2.16. The van der Waals surface area contributed by atoms with E-state index in [2.05, 4.69) is 16.8 Å². The number of aromatic nitrogens is 1. The zero-order valence-corrected chi connectivity index (χ0v) is 10.8. The van der Waals surface area contributed by atoms with E-state index in [-0.39, 0.29) is 0 Å². The van der Waals surface area contributed by atoms with Gasteiger partial charge in [-0.3, -0.25) is 14.7 Å². The maximum atomic E-state index is 11.5. The van der Waals surface area contributed by atoms with Gasteiger partial charge in [0.15, 0.2) is 0 Å². The molecule has 2 rings (SSSR count). The van der Waals surface area contributed by atoms with Crippen molar-refractivity contribution in [1.82, 2.24) is 9.88 Å². The highest BCUT2D eigenvalue weighted by Gasteiger charge is 2.43. The van der Waals surface area contributed by atoms with Crippen molar-refractivity contribution in [3.8, 4) is 0 Å². The van der Waals surface area contributed by atoms with Crippen LogP contribution in [0.25, 0.3) is 0 Å². The number of likely N-dealkylation sites (tertiary alicyclic amines) is 1. The van der Waals surface area contributed by atoms with E-state index in [4.69, 9.17) is 0 Å². The van der Waals surface area contributed by atoms with E-state index in [1.165, 1.54) is 5.56 Å². The lowest BCUT2D eigenvalue weighted by atomic mass is 9.83. The first kappa shape index (κ1) is 13.0. The molecule has 1 N–H and O–H groups in total. The van der Waals surface area contributed by atoms with Gasteiger partial charge in [-0.1, -0.05) is 13.3 Å². The molecular formula is C14H20N2O2. The van der Waals surface area contributed by atoms with Crippen molar-refractivity contribution in [2.24, 2.45) is 5.41 Å². The molecule has 1 aliphatic rings. The number of rotatable bonds is 5. The van der Waals surface area contributed by atoms with Crippen molar-refractivity contribution in [2.75, 3.05) is 13.1 Å². The van der Waals surface area contributed by atoms with Gasteiger partial charge in [-0.25, -0.2) is 0 Å². The number of aliphatic carboxylic acids is 1. The normalized spacial score (nSPS) is 24.3. The van der Waals surface area contributed by atoms with Crippen molar-refractivity contribution in [2.45, 2.75) is 32.7 Å². The molecule has 0 aromatic carbocycles. The third-order valence-electron chi connectivity index (χ3n) is 3.77. The first-order valence-corrected chi connectivity index (χ1v) is 6.51. The molecule has 2 heterocycles. The highest BCUT2D eigenvalue weighted by molar-refractivity contribution is 5.75. The lowest BCUT2D eigenvalue weighted by Gasteiger charge is -2.24. The van der Waals surface area contributed by atoms with Crippen molar-refractivity contribution >= 4 is 5.97 Å². The van der Waals surface area contributed by atoms with Gasteiger partial charge in [-0.05, 0) is 37.1 Å². The van der Waals surface area contributed by atoms with Crippen LogP contribution >= 0.6 is 0 Å².